The SMILES string of the molecule is CC(C)c1ccc(N(C)C(=O)c2csc(CN)n2)cc1.Cl. The van der Waals surface area contributed by atoms with Crippen LogP contribution in [0.1, 0.15) is 40.8 Å². The first-order chi connectivity index (χ1) is 9.52. The van der Waals surface area contributed by atoms with Gasteiger partial charge in [-0.3, -0.25) is 4.79 Å². The van der Waals surface area contributed by atoms with Crippen LogP contribution in [0, 0.1) is 0 Å². The zero-order valence-corrected chi connectivity index (χ0v) is 14.0. The Morgan fingerprint density at radius 2 is 1.95 bits per heavy atom. The van der Waals surface area contributed by atoms with Crippen LogP contribution >= 0.6 is 23.7 Å². The minimum Gasteiger partial charge on any atom is -0.325 e. The average molecular weight is 326 g/mol. The van der Waals surface area contributed by atoms with Crippen LogP contribution in [0.25, 0.3) is 0 Å². The quantitative estimate of drug-likeness (QED) is 0.937. The zero-order valence-electron chi connectivity index (χ0n) is 12.4. The minimum absolute atomic E-state index is 0. The molecule has 0 atom stereocenters. The highest BCUT2D eigenvalue weighted by Crippen LogP contribution is 2.21. The summed E-state index contributed by atoms with van der Waals surface area (Å²) in [4.78, 5) is 18.2. The van der Waals surface area contributed by atoms with Gasteiger partial charge in [0.15, 0.2) is 0 Å². The number of halogens is 1. The number of hydrogen-bond donors (Lipinski definition) is 1. The highest BCUT2D eigenvalue weighted by Gasteiger charge is 2.16. The molecule has 1 heterocycles. The van der Waals surface area contributed by atoms with Gasteiger partial charge in [-0.25, -0.2) is 4.98 Å². The van der Waals surface area contributed by atoms with Crippen molar-refractivity contribution in [3.8, 4) is 0 Å². The van der Waals surface area contributed by atoms with Crippen molar-refractivity contribution >= 4 is 35.3 Å². The predicted molar refractivity (Wildman–Crippen MR) is 90.5 cm³/mol. The Hall–Kier alpha value is -1.43. The third kappa shape index (κ3) is 4.03. The third-order valence-electron chi connectivity index (χ3n) is 3.20. The Labute approximate surface area is 135 Å². The lowest BCUT2D eigenvalue weighted by atomic mass is 10.0. The van der Waals surface area contributed by atoms with E-state index in [1.54, 1.807) is 17.3 Å². The molecule has 2 aromatic rings. The van der Waals surface area contributed by atoms with E-state index in [9.17, 15) is 4.79 Å². The number of aromatic nitrogens is 1. The number of carbonyl (C=O) groups excluding carboxylic acids is 1. The van der Waals surface area contributed by atoms with Crippen LogP contribution in [-0.4, -0.2) is 17.9 Å². The number of nitrogens with two attached hydrogens (primary N) is 1. The molecule has 0 unspecified atom stereocenters. The molecule has 114 valence electrons. The third-order valence-corrected chi connectivity index (χ3v) is 4.07. The molecule has 1 amide bonds. The average Bonchev–Trinajstić information content (AvgIpc) is 2.94. The van der Waals surface area contributed by atoms with Gasteiger partial charge in [0.2, 0.25) is 0 Å². The van der Waals surface area contributed by atoms with E-state index in [4.69, 9.17) is 5.73 Å². The van der Waals surface area contributed by atoms with Crippen molar-refractivity contribution in [2.45, 2.75) is 26.3 Å². The molecule has 0 saturated carbocycles. The van der Waals surface area contributed by atoms with Crippen molar-refractivity contribution in [3.05, 3.63) is 45.9 Å². The second kappa shape index (κ2) is 7.54. The van der Waals surface area contributed by atoms with E-state index < -0.39 is 0 Å². The molecule has 4 nitrogen and oxygen atoms in total. The molecule has 0 bridgehead atoms. The molecule has 0 saturated heterocycles. The van der Waals surface area contributed by atoms with Crippen LogP contribution in [0.3, 0.4) is 0 Å². The second-order valence-electron chi connectivity index (χ2n) is 4.94. The molecule has 21 heavy (non-hydrogen) atoms. The van der Waals surface area contributed by atoms with Gasteiger partial charge in [0.25, 0.3) is 5.91 Å². The van der Waals surface area contributed by atoms with E-state index >= 15 is 0 Å². The Morgan fingerprint density at radius 1 is 1.33 bits per heavy atom. The van der Waals surface area contributed by atoms with Gasteiger partial charge in [0, 0.05) is 24.7 Å². The van der Waals surface area contributed by atoms with Crippen molar-refractivity contribution in [1.29, 1.82) is 0 Å². The first-order valence-corrected chi connectivity index (χ1v) is 7.43. The second-order valence-corrected chi connectivity index (χ2v) is 5.88. The highest BCUT2D eigenvalue weighted by molar-refractivity contribution is 7.09. The number of rotatable bonds is 4. The summed E-state index contributed by atoms with van der Waals surface area (Å²) in [6, 6.07) is 8.03. The molecule has 2 rings (SSSR count). The standard InChI is InChI=1S/C15H19N3OS.ClH/c1-10(2)11-4-6-12(7-5-11)18(3)15(19)13-9-20-14(8-16)17-13;/h4-7,9-10H,8,16H2,1-3H3;1H. The minimum atomic E-state index is -0.113. The summed E-state index contributed by atoms with van der Waals surface area (Å²) in [6.07, 6.45) is 0. The number of carbonyl (C=O) groups is 1. The molecule has 0 aliphatic carbocycles. The summed E-state index contributed by atoms with van der Waals surface area (Å²) in [7, 11) is 1.76. The number of benzene rings is 1. The van der Waals surface area contributed by atoms with Crippen LogP contribution in [0.5, 0.6) is 0 Å². The van der Waals surface area contributed by atoms with Gasteiger partial charge >= 0.3 is 0 Å². The smallest absolute Gasteiger partial charge is 0.277 e. The summed E-state index contributed by atoms with van der Waals surface area (Å²) >= 11 is 1.41. The molecule has 0 radical (unpaired) electrons. The van der Waals surface area contributed by atoms with Gasteiger partial charge in [-0.1, -0.05) is 26.0 Å². The lowest BCUT2D eigenvalue weighted by Gasteiger charge is -2.17. The molecular weight excluding hydrogens is 306 g/mol. The largest absolute Gasteiger partial charge is 0.325 e. The molecule has 1 aromatic carbocycles. The normalized spacial score (nSPS) is 10.3. The van der Waals surface area contributed by atoms with Gasteiger partial charge in [-0.05, 0) is 23.6 Å². The van der Waals surface area contributed by atoms with Crippen LogP contribution in [0.15, 0.2) is 29.6 Å². The Morgan fingerprint density at radius 3 is 2.43 bits per heavy atom. The summed E-state index contributed by atoms with van der Waals surface area (Å²) in [5.74, 6) is 0.369. The van der Waals surface area contributed by atoms with E-state index in [0.29, 0.717) is 18.2 Å². The maximum absolute atomic E-state index is 12.3. The molecule has 2 N–H and O–H groups in total. The molecule has 0 aliphatic rings. The van der Waals surface area contributed by atoms with Crippen molar-refractivity contribution in [2.75, 3.05) is 11.9 Å². The fraction of sp³-hybridized carbons (Fsp3) is 0.333. The summed E-state index contributed by atoms with van der Waals surface area (Å²) < 4.78 is 0. The van der Waals surface area contributed by atoms with E-state index in [0.717, 1.165) is 10.7 Å². The zero-order chi connectivity index (χ0) is 14.7. The van der Waals surface area contributed by atoms with Crippen LogP contribution in [0.4, 0.5) is 5.69 Å². The Kier molecular flexibility index (Phi) is 6.33. The van der Waals surface area contributed by atoms with Gasteiger partial charge in [-0.15, -0.1) is 23.7 Å². The van der Waals surface area contributed by atoms with Gasteiger partial charge < -0.3 is 10.6 Å². The number of thiazole rings is 1. The lowest BCUT2D eigenvalue weighted by Crippen LogP contribution is -2.26. The Balaban J connectivity index is 0.00000220. The number of hydrogen-bond acceptors (Lipinski definition) is 4. The van der Waals surface area contributed by atoms with E-state index in [2.05, 4.69) is 31.0 Å². The molecule has 6 heteroatoms. The van der Waals surface area contributed by atoms with Gasteiger partial charge in [-0.2, -0.15) is 0 Å². The monoisotopic (exact) mass is 325 g/mol. The first-order valence-electron chi connectivity index (χ1n) is 6.55. The maximum Gasteiger partial charge on any atom is 0.277 e. The van der Waals surface area contributed by atoms with Crippen molar-refractivity contribution in [3.63, 3.8) is 0 Å². The molecule has 0 fully saturated rings. The highest BCUT2D eigenvalue weighted by atomic mass is 35.5. The van der Waals surface area contributed by atoms with Crippen molar-refractivity contribution in [1.82, 2.24) is 4.98 Å². The number of anilines is 1. The van der Waals surface area contributed by atoms with E-state index in [-0.39, 0.29) is 18.3 Å². The van der Waals surface area contributed by atoms with E-state index in [1.165, 1.54) is 16.9 Å². The fourth-order valence-corrected chi connectivity index (χ4v) is 2.52. The number of nitrogens with zero attached hydrogens (tertiary/aromatic N) is 2. The first kappa shape index (κ1) is 17.6. The Bertz CT molecular complexity index is 595. The lowest BCUT2D eigenvalue weighted by molar-refractivity contribution is 0.0989. The molecular formula is C15H20ClN3OS. The van der Waals surface area contributed by atoms with E-state index in [1.807, 2.05) is 12.1 Å². The summed E-state index contributed by atoms with van der Waals surface area (Å²) in [5.41, 5.74) is 8.09. The van der Waals surface area contributed by atoms with Gasteiger partial charge in [0.1, 0.15) is 10.7 Å². The summed E-state index contributed by atoms with van der Waals surface area (Å²) in [5, 5.41) is 2.53. The van der Waals surface area contributed by atoms with Crippen LogP contribution in [-0.2, 0) is 6.54 Å². The predicted octanol–water partition coefficient (Wildman–Crippen LogP) is 3.42. The molecule has 0 spiro atoms. The summed E-state index contributed by atoms with van der Waals surface area (Å²) in [6.45, 7) is 4.66. The van der Waals surface area contributed by atoms with Crippen LogP contribution in [0.2, 0.25) is 0 Å². The topological polar surface area (TPSA) is 59.2 Å². The van der Waals surface area contributed by atoms with Crippen LogP contribution < -0.4 is 10.6 Å². The maximum atomic E-state index is 12.3. The van der Waals surface area contributed by atoms with Crippen molar-refractivity contribution < 1.29 is 4.79 Å². The number of amides is 1. The molecule has 0 aliphatic heterocycles. The van der Waals surface area contributed by atoms with Crippen molar-refractivity contribution in [2.24, 2.45) is 5.73 Å². The van der Waals surface area contributed by atoms with Gasteiger partial charge in [0.05, 0.1) is 0 Å². The fourth-order valence-electron chi connectivity index (χ4n) is 1.87. The molecule has 1 aromatic heterocycles.